The van der Waals surface area contributed by atoms with Crippen molar-refractivity contribution in [1.82, 2.24) is 0 Å². The van der Waals surface area contributed by atoms with Crippen molar-refractivity contribution < 1.29 is 24.5 Å². The lowest BCUT2D eigenvalue weighted by molar-refractivity contribution is -0.171. The van der Waals surface area contributed by atoms with Crippen molar-refractivity contribution in [2.24, 2.45) is 5.73 Å². The summed E-state index contributed by atoms with van der Waals surface area (Å²) in [6.07, 6.45) is -0.902. The van der Waals surface area contributed by atoms with E-state index in [2.05, 4.69) is 0 Å². The normalized spacial score (nSPS) is 13.8. The quantitative estimate of drug-likeness (QED) is 0.487. The predicted molar refractivity (Wildman–Crippen MR) is 57.6 cm³/mol. The Labute approximate surface area is 97.6 Å². The molecule has 1 aromatic rings. The van der Waals surface area contributed by atoms with Gasteiger partial charge in [-0.05, 0) is 5.56 Å². The molecule has 1 aromatic carbocycles. The molecule has 0 radical (unpaired) electrons. The molecule has 0 fully saturated rings. The third-order valence-electron chi connectivity index (χ3n) is 1.99. The van der Waals surface area contributed by atoms with Gasteiger partial charge in [0, 0.05) is 0 Å². The number of carboxylic acids is 1. The first-order valence-corrected chi connectivity index (χ1v) is 4.86. The summed E-state index contributed by atoms with van der Waals surface area (Å²) in [7, 11) is 0. The van der Waals surface area contributed by atoms with Crippen molar-refractivity contribution in [3.05, 3.63) is 35.9 Å². The van der Waals surface area contributed by atoms with E-state index in [-0.39, 0.29) is 6.61 Å². The fourth-order valence-corrected chi connectivity index (χ4v) is 1.15. The van der Waals surface area contributed by atoms with Crippen LogP contribution in [0.4, 0.5) is 0 Å². The van der Waals surface area contributed by atoms with Gasteiger partial charge >= 0.3 is 11.9 Å². The minimum Gasteiger partial charge on any atom is -0.481 e. The highest BCUT2D eigenvalue weighted by Crippen LogP contribution is 2.08. The summed E-state index contributed by atoms with van der Waals surface area (Å²) in [5, 5.41) is 17.8. The lowest BCUT2D eigenvalue weighted by Gasteiger charge is -2.18. The van der Waals surface area contributed by atoms with Gasteiger partial charge in [0.1, 0.15) is 6.61 Å². The highest BCUT2D eigenvalue weighted by molar-refractivity contribution is 5.84. The number of hydrogen-bond donors (Lipinski definition) is 3. The smallest absolute Gasteiger partial charge is 0.354 e. The zero-order chi connectivity index (χ0) is 12.9. The van der Waals surface area contributed by atoms with E-state index in [0.717, 1.165) is 0 Å². The molecule has 1 rings (SSSR count). The van der Waals surface area contributed by atoms with Crippen LogP contribution in [0.2, 0.25) is 0 Å². The van der Waals surface area contributed by atoms with E-state index in [1.54, 1.807) is 30.3 Å². The Balaban J connectivity index is 2.52. The van der Waals surface area contributed by atoms with Gasteiger partial charge < -0.3 is 14.9 Å². The molecule has 92 valence electrons. The highest BCUT2D eigenvalue weighted by atomic mass is 16.6. The van der Waals surface area contributed by atoms with Gasteiger partial charge in [-0.1, -0.05) is 30.3 Å². The van der Waals surface area contributed by atoms with Crippen LogP contribution >= 0.6 is 0 Å². The molecule has 0 saturated carbocycles. The molecule has 6 heteroatoms. The Hall–Kier alpha value is -1.92. The van der Waals surface area contributed by atoms with Crippen molar-refractivity contribution in [2.75, 3.05) is 0 Å². The van der Waals surface area contributed by atoms with Gasteiger partial charge in [0.15, 0.2) is 0 Å². The lowest BCUT2D eigenvalue weighted by atomic mass is 10.1. The Morgan fingerprint density at radius 1 is 1.29 bits per heavy atom. The van der Waals surface area contributed by atoms with Gasteiger partial charge in [0.05, 0.1) is 6.42 Å². The molecule has 6 nitrogen and oxygen atoms in total. The van der Waals surface area contributed by atoms with Gasteiger partial charge in [0.25, 0.3) is 0 Å². The largest absolute Gasteiger partial charge is 0.481 e. The third-order valence-corrected chi connectivity index (χ3v) is 1.99. The molecule has 1 atom stereocenters. The second-order valence-corrected chi connectivity index (χ2v) is 3.56. The minimum atomic E-state index is -2.50. The maximum absolute atomic E-state index is 11.3. The number of aliphatic hydroxyl groups is 1. The molecule has 17 heavy (non-hydrogen) atoms. The molecule has 0 aromatic heterocycles. The molecule has 0 aliphatic carbocycles. The molecule has 0 bridgehead atoms. The summed E-state index contributed by atoms with van der Waals surface area (Å²) in [5.74, 6) is -2.55. The zero-order valence-electron chi connectivity index (χ0n) is 9.00. The molecule has 0 aliphatic heterocycles. The van der Waals surface area contributed by atoms with Crippen LogP contribution in [-0.2, 0) is 20.9 Å². The number of benzene rings is 1. The number of carboxylic acid groups (broad SMARTS) is 1. The van der Waals surface area contributed by atoms with E-state index in [1.165, 1.54) is 0 Å². The monoisotopic (exact) mass is 239 g/mol. The summed E-state index contributed by atoms with van der Waals surface area (Å²) in [4.78, 5) is 21.7. The Kier molecular flexibility index (Phi) is 4.19. The third kappa shape index (κ3) is 4.21. The zero-order valence-corrected chi connectivity index (χ0v) is 9.00. The first-order chi connectivity index (χ1) is 7.92. The molecule has 0 amide bonds. The maximum Gasteiger partial charge on any atom is 0.354 e. The molecule has 0 heterocycles. The molecule has 0 saturated heterocycles. The van der Waals surface area contributed by atoms with Crippen molar-refractivity contribution >= 4 is 11.9 Å². The molecular weight excluding hydrogens is 226 g/mol. The fraction of sp³-hybridized carbons (Fsp3) is 0.273. The summed E-state index contributed by atoms with van der Waals surface area (Å²) >= 11 is 0. The van der Waals surface area contributed by atoms with Crippen LogP contribution < -0.4 is 5.73 Å². The molecule has 4 N–H and O–H groups in total. The van der Waals surface area contributed by atoms with E-state index in [4.69, 9.17) is 15.6 Å². The number of rotatable bonds is 5. The number of carbonyl (C=O) groups excluding carboxylic acids is 1. The van der Waals surface area contributed by atoms with Crippen LogP contribution in [-0.4, -0.2) is 27.9 Å². The van der Waals surface area contributed by atoms with E-state index in [0.29, 0.717) is 5.56 Å². The number of hydrogen-bond acceptors (Lipinski definition) is 5. The SMILES string of the molecule is NC(O)(CC(=O)O)C(=O)OCc1ccccc1. The number of nitrogens with two attached hydrogens (primary N) is 1. The number of carbonyl (C=O) groups is 2. The van der Waals surface area contributed by atoms with E-state index in [1.807, 2.05) is 0 Å². The standard InChI is InChI=1S/C11H13NO5/c12-11(16,6-9(13)14)10(15)17-7-8-4-2-1-3-5-8/h1-5,16H,6-7,12H2,(H,13,14). The summed E-state index contributed by atoms with van der Waals surface area (Å²) in [6, 6.07) is 8.76. The predicted octanol–water partition coefficient (Wildman–Crippen LogP) is -0.148. The van der Waals surface area contributed by atoms with E-state index < -0.39 is 24.1 Å². The van der Waals surface area contributed by atoms with Crippen LogP contribution in [0, 0.1) is 0 Å². The van der Waals surface area contributed by atoms with E-state index in [9.17, 15) is 14.7 Å². The van der Waals surface area contributed by atoms with Crippen LogP contribution in [0.5, 0.6) is 0 Å². The number of ether oxygens (including phenoxy) is 1. The van der Waals surface area contributed by atoms with Gasteiger partial charge in [-0.3, -0.25) is 10.5 Å². The molecule has 1 unspecified atom stereocenters. The summed E-state index contributed by atoms with van der Waals surface area (Å²) < 4.78 is 4.72. The molecule has 0 spiro atoms. The fourth-order valence-electron chi connectivity index (χ4n) is 1.15. The van der Waals surface area contributed by atoms with Crippen LogP contribution in [0.25, 0.3) is 0 Å². The Morgan fingerprint density at radius 2 is 1.88 bits per heavy atom. The topological polar surface area (TPSA) is 110 Å². The highest BCUT2D eigenvalue weighted by Gasteiger charge is 2.35. The first-order valence-electron chi connectivity index (χ1n) is 4.86. The summed E-state index contributed by atoms with van der Waals surface area (Å²) in [6.45, 7) is -0.0706. The average molecular weight is 239 g/mol. The Bertz CT molecular complexity index is 402. The van der Waals surface area contributed by atoms with Crippen molar-refractivity contribution in [2.45, 2.75) is 18.8 Å². The second kappa shape index (κ2) is 5.42. The Morgan fingerprint density at radius 3 is 2.41 bits per heavy atom. The minimum absolute atomic E-state index is 0.0706. The van der Waals surface area contributed by atoms with Gasteiger partial charge in [-0.25, -0.2) is 4.79 Å². The average Bonchev–Trinajstić information content (AvgIpc) is 2.25. The van der Waals surface area contributed by atoms with Gasteiger partial charge in [-0.2, -0.15) is 0 Å². The van der Waals surface area contributed by atoms with Crippen molar-refractivity contribution in [3.8, 4) is 0 Å². The lowest BCUT2D eigenvalue weighted by Crippen LogP contribution is -2.50. The van der Waals surface area contributed by atoms with Crippen molar-refractivity contribution in [3.63, 3.8) is 0 Å². The number of esters is 1. The van der Waals surface area contributed by atoms with Crippen LogP contribution in [0.1, 0.15) is 12.0 Å². The molecule has 0 aliphatic rings. The van der Waals surface area contributed by atoms with Crippen molar-refractivity contribution in [1.29, 1.82) is 0 Å². The maximum atomic E-state index is 11.3. The second-order valence-electron chi connectivity index (χ2n) is 3.56. The van der Waals surface area contributed by atoms with Crippen LogP contribution in [0.3, 0.4) is 0 Å². The van der Waals surface area contributed by atoms with Crippen LogP contribution in [0.15, 0.2) is 30.3 Å². The number of aliphatic carboxylic acids is 1. The van der Waals surface area contributed by atoms with E-state index >= 15 is 0 Å². The summed E-state index contributed by atoms with van der Waals surface area (Å²) in [5.41, 5.74) is 3.34. The first kappa shape index (κ1) is 13.1. The molecular formula is C11H13NO5. The van der Waals surface area contributed by atoms with Gasteiger partial charge in [0.2, 0.25) is 5.72 Å². The van der Waals surface area contributed by atoms with Gasteiger partial charge in [-0.15, -0.1) is 0 Å².